The van der Waals surface area contributed by atoms with Gasteiger partial charge in [0.25, 0.3) is 0 Å². The highest BCUT2D eigenvalue weighted by molar-refractivity contribution is 5.89. The van der Waals surface area contributed by atoms with Crippen LogP contribution in [0.5, 0.6) is 0 Å². The number of aliphatic hydroxyl groups excluding tert-OH is 1. The number of aliphatic hydroxyl groups is 1. The smallest absolute Gasteiger partial charge is 0.243 e. The molecule has 3 fully saturated rings. The molecule has 3 saturated heterocycles. The maximum atomic E-state index is 13.6. The van der Waals surface area contributed by atoms with Gasteiger partial charge in [0.15, 0.2) is 5.76 Å². The van der Waals surface area contributed by atoms with Gasteiger partial charge in [-0.25, -0.2) is 0 Å². The van der Waals surface area contributed by atoms with E-state index >= 15 is 0 Å². The zero-order valence-corrected chi connectivity index (χ0v) is 18.1. The molecule has 5 rings (SSSR count). The third-order valence-electron chi connectivity index (χ3n) is 7.62. The minimum absolute atomic E-state index is 0.0752. The lowest BCUT2D eigenvalue weighted by Gasteiger charge is -2.56. The van der Waals surface area contributed by atoms with E-state index in [1.165, 1.54) is 0 Å². The van der Waals surface area contributed by atoms with E-state index in [-0.39, 0.29) is 30.4 Å². The number of aromatic nitrogens is 1. The van der Waals surface area contributed by atoms with Crippen molar-refractivity contribution in [3.63, 3.8) is 0 Å². The van der Waals surface area contributed by atoms with Gasteiger partial charge >= 0.3 is 0 Å². The second-order valence-corrected chi connectivity index (χ2v) is 9.90. The maximum absolute atomic E-state index is 13.6. The van der Waals surface area contributed by atoms with E-state index in [1.807, 2.05) is 30.0 Å². The van der Waals surface area contributed by atoms with Crippen molar-refractivity contribution in [2.24, 2.45) is 11.8 Å². The number of rotatable bonds is 5. The van der Waals surface area contributed by atoms with E-state index in [2.05, 4.69) is 15.4 Å². The average molecular weight is 429 g/mol. The predicted octanol–water partition coefficient (Wildman–Crippen LogP) is 1.38. The number of hydrogen-bond donors (Lipinski definition) is 2. The molecule has 1 aliphatic carbocycles. The van der Waals surface area contributed by atoms with Crippen molar-refractivity contribution in [1.82, 2.24) is 20.3 Å². The van der Waals surface area contributed by atoms with Gasteiger partial charge in [-0.2, -0.15) is 0 Å². The Morgan fingerprint density at radius 1 is 1.32 bits per heavy atom. The molecule has 1 aromatic heterocycles. The van der Waals surface area contributed by atoms with Gasteiger partial charge in [-0.3, -0.25) is 14.5 Å². The molecule has 0 unspecified atom stereocenters. The molecule has 31 heavy (non-hydrogen) atoms. The number of nitrogens with zero attached hydrogens (tertiary/aromatic N) is 3. The fourth-order valence-corrected chi connectivity index (χ4v) is 6.24. The first kappa shape index (κ1) is 20.7. The molecule has 1 aromatic rings. The van der Waals surface area contributed by atoms with Crippen molar-refractivity contribution in [2.75, 3.05) is 19.7 Å². The van der Waals surface area contributed by atoms with Crippen molar-refractivity contribution in [3.05, 3.63) is 29.7 Å². The summed E-state index contributed by atoms with van der Waals surface area (Å²) in [5, 5.41) is 17.1. The van der Waals surface area contributed by atoms with Gasteiger partial charge in [-0.1, -0.05) is 17.3 Å². The van der Waals surface area contributed by atoms with Gasteiger partial charge < -0.3 is 19.8 Å². The van der Waals surface area contributed by atoms with Crippen LogP contribution < -0.4 is 5.32 Å². The Hall–Kier alpha value is -2.19. The zero-order valence-electron chi connectivity index (χ0n) is 18.1. The van der Waals surface area contributed by atoms with Crippen LogP contribution in [0.2, 0.25) is 0 Å². The van der Waals surface area contributed by atoms with Crippen molar-refractivity contribution in [2.45, 2.75) is 69.6 Å². The molecule has 4 atom stereocenters. The summed E-state index contributed by atoms with van der Waals surface area (Å²) >= 11 is 0. The van der Waals surface area contributed by atoms with E-state index < -0.39 is 11.6 Å². The highest BCUT2D eigenvalue weighted by atomic mass is 16.5. The Balaban J connectivity index is 1.39. The molecule has 2 bridgehead atoms. The topological polar surface area (TPSA) is 98.9 Å². The monoisotopic (exact) mass is 428 g/mol. The van der Waals surface area contributed by atoms with E-state index in [4.69, 9.17) is 4.52 Å². The van der Waals surface area contributed by atoms with Crippen LogP contribution in [0.4, 0.5) is 0 Å². The second-order valence-electron chi connectivity index (χ2n) is 9.90. The molecule has 2 amide bonds. The average Bonchev–Trinajstić information content (AvgIpc) is 3.38. The molecule has 2 N–H and O–H groups in total. The Labute approximate surface area is 182 Å². The Kier molecular flexibility index (Phi) is 5.38. The summed E-state index contributed by atoms with van der Waals surface area (Å²) in [7, 11) is 0. The number of fused-ring (bicyclic) bond motifs is 4. The van der Waals surface area contributed by atoms with Crippen LogP contribution in [0.15, 0.2) is 22.7 Å². The van der Waals surface area contributed by atoms with Crippen LogP contribution in [0, 0.1) is 18.8 Å². The molecule has 8 nitrogen and oxygen atoms in total. The minimum Gasteiger partial charge on any atom is -0.394 e. The first-order chi connectivity index (χ1) is 15.0. The summed E-state index contributed by atoms with van der Waals surface area (Å²) in [5.74, 6) is 1.28. The van der Waals surface area contributed by atoms with Crippen LogP contribution in [-0.4, -0.2) is 69.2 Å². The van der Waals surface area contributed by atoms with E-state index in [1.54, 1.807) is 0 Å². The first-order valence-electron chi connectivity index (χ1n) is 11.5. The van der Waals surface area contributed by atoms with Crippen LogP contribution in [0.3, 0.4) is 0 Å². The molecule has 0 radical (unpaired) electrons. The SMILES string of the molecule is Cc1cc(CN2C[C@H]3C[C@@H](C2)[C@H](C(=O)NC2(CO)CC=CC2)N2C(=O)CCC[C@@H]32)on1. The number of carbonyl (C=O) groups is 2. The number of likely N-dealkylation sites (tertiary alicyclic amines) is 1. The van der Waals surface area contributed by atoms with Crippen LogP contribution in [0.25, 0.3) is 0 Å². The molecule has 3 aliphatic heterocycles. The molecular weight excluding hydrogens is 396 g/mol. The summed E-state index contributed by atoms with van der Waals surface area (Å²) in [5.41, 5.74) is 0.238. The molecule has 168 valence electrons. The molecular formula is C23H32N4O4. The van der Waals surface area contributed by atoms with E-state index in [9.17, 15) is 14.7 Å². The fraction of sp³-hybridized carbons (Fsp3) is 0.696. The molecule has 4 aliphatic rings. The van der Waals surface area contributed by atoms with Gasteiger partial charge in [-0.15, -0.1) is 0 Å². The van der Waals surface area contributed by atoms with Crippen molar-refractivity contribution in [1.29, 1.82) is 0 Å². The van der Waals surface area contributed by atoms with Crippen molar-refractivity contribution < 1.29 is 19.2 Å². The van der Waals surface area contributed by atoms with Gasteiger partial charge in [0.1, 0.15) is 6.04 Å². The maximum Gasteiger partial charge on any atom is 0.243 e. The molecule has 8 heteroatoms. The standard InChI is InChI=1S/C23H32N4O4/c1-15-9-18(31-25-15)13-26-11-16-10-17(12-26)21(27-19(16)5-4-6-20(27)29)22(30)24-23(14-28)7-2-3-8-23/h2-3,9,16-17,19,21,28H,4-8,10-14H2,1H3,(H,24,30)/t16-,17+,19+,21-/m1/s1. The third-order valence-corrected chi connectivity index (χ3v) is 7.62. The van der Waals surface area contributed by atoms with Gasteiger partial charge in [0.05, 0.1) is 24.4 Å². The Morgan fingerprint density at radius 2 is 2.10 bits per heavy atom. The van der Waals surface area contributed by atoms with Gasteiger partial charge in [0.2, 0.25) is 11.8 Å². The van der Waals surface area contributed by atoms with Crippen LogP contribution in [0.1, 0.15) is 50.0 Å². The van der Waals surface area contributed by atoms with Gasteiger partial charge in [-0.05, 0) is 44.9 Å². The fourth-order valence-electron chi connectivity index (χ4n) is 6.24. The summed E-state index contributed by atoms with van der Waals surface area (Å²) in [6, 6.07) is 1.60. The first-order valence-corrected chi connectivity index (χ1v) is 11.5. The number of amides is 2. The van der Waals surface area contributed by atoms with Crippen LogP contribution in [-0.2, 0) is 16.1 Å². The van der Waals surface area contributed by atoms with Crippen molar-refractivity contribution in [3.8, 4) is 0 Å². The lowest BCUT2D eigenvalue weighted by molar-refractivity contribution is -0.161. The molecule has 0 spiro atoms. The quantitative estimate of drug-likeness (QED) is 0.688. The van der Waals surface area contributed by atoms with E-state index in [0.29, 0.717) is 31.7 Å². The summed E-state index contributed by atoms with van der Waals surface area (Å²) in [6.07, 6.45) is 8.59. The largest absolute Gasteiger partial charge is 0.394 e. The second kappa shape index (κ2) is 8.06. The minimum atomic E-state index is -0.631. The summed E-state index contributed by atoms with van der Waals surface area (Å²) in [6.45, 7) is 4.14. The third kappa shape index (κ3) is 3.80. The summed E-state index contributed by atoms with van der Waals surface area (Å²) in [4.78, 5) is 30.9. The molecule has 4 heterocycles. The number of piperidine rings is 3. The highest BCUT2D eigenvalue weighted by Gasteiger charge is 2.52. The normalized spacial score (nSPS) is 32.2. The number of aryl methyl sites for hydroxylation is 1. The Morgan fingerprint density at radius 3 is 2.81 bits per heavy atom. The Bertz CT molecular complexity index is 873. The number of hydrogen-bond acceptors (Lipinski definition) is 6. The summed E-state index contributed by atoms with van der Waals surface area (Å²) < 4.78 is 5.43. The van der Waals surface area contributed by atoms with Crippen LogP contribution >= 0.6 is 0 Å². The molecule has 0 saturated carbocycles. The predicted molar refractivity (Wildman–Crippen MR) is 113 cm³/mol. The lowest BCUT2D eigenvalue weighted by Crippen LogP contribution is -2.69. The van der Waals surface area contributed by atoms with Crippen molar-refractivity contribution >= 4 is 11.8 Å². The lowest BCUT2D eigenvalue weighted by atomic mass is 9.71. The zero-order chi connectivity index (χ0) is 21.6. The van der Waals surface area contributed by atoms with Gasteiger partial charge in [0, 0.05) is 37.5 Å². The highest BCUT2D eigenvalue weighted by Crippen LogP contribution is 2.42. The van der Waals surface area contributed by atoms with E-state index in [0.717, 1.165) is 43.8 Å². The molecule has 0 aromatic carbocycles. The number of carbonyl (C=O) groups excluding carboxylic acids is 2. The number of nitrogens with one attached hydrogen (secondary N) is 1.